The number of allylic oxidation sites excluding steroid dienone is 6. The summed E-state index contributed by atoms with van der Waals surface area (Å²) >= 11 is 1.78. The van der Waals surface area contributed by atoms with Crippen LogP contribution in [0.2, 0.25) is 0 Å². The molecule has 1 aliphatic rings. The van der Waals surface area contributed by atoms with E-state index in [1.807, 2.05) is 0 Å². The zero-order chi connectivity index (χ0) is 22.4. The maximum Gasteiger partial charge on any atom is 0.220 e. The molecule has 1 atom stereocenters. The Hall–Kier alpha value is -2.12. The minimum atomic E-state index is -0.140. The molecular formula is C23H39N5OS. The van der Waals surface area contributed by atoms with Gasteiger partial charge in [-0.3, -0.25) is 10.6 Å². The number of nitrogens with two attached hydrogens (primary N) is 1. The third kappa shape index (κ3) is 11.8. The van der Waals surface area contributed by atoms with Crippen molar-refractivity contribution < 1.29 is 4.79 Å². The predicted molar refractivity (Wildman–Crippen MR) is 130 cm³/mol. The average Bonchev–Trinajstić information content (AvgIpc) is 2.78. The summed E-state index contributed by atoms with van der Waals surface area (Å²) in [6.07, 6.45) is 11.8. The summed E-state index contributed by atoms with van der Waals surface area (Å²) in [5.74, 6) is 6.90. The number of rotatable bonds is 11. The predicted octanol–water partition coefficient (Wildman–Crippen LogP) is 3.94. The van der Waals surface area contributed by atoms with Crippen molar-refractivity contribution in [1.29, 1.82) is 0 Å². The lowest BCUT2D eigenvalue weighted by Crippen LogP contribution is -2.44. The molecule has 1 rings (SSSR count). The molecule has 0 aliphatic carbocycles. The zero-order valence-electron chi connectivity index (χ0n) is 18.8. The SMILES string of the molecule is C=C(CCC(=O)N[C@H]1CSC/C=C(/CC/C=C(\C)CCC=C(C)C)NNC1=C)NN. The molecule has 0 fully saturated rings. The second kappa shape index (κ2) is 14.8. The molecule has 0 bridgehead atoms. The van der Waals surface area contributed by atoms with Gasteiger partial charge in [0.25, 0.3) is 0 Å². The highest BCUT2D eigenvalue weighted by Crippen LogP contribution is 2.15. The van der Waals surface area contributed by atoms with E-state index in [0.29, 0.717) is 18.5 Å². The number of amides is 1. The number of thioether (sulfide) groups is 1. The van der Waals surface area contributed by atoms with E-state index >= 15 is 0 Å². The third-order valence-corrected chi connectivity index (χ3v) is 5.70. The highest BCUT2D eigenvalue weighted by molar-refractivity contribution is 7.99. The van der Waals surface area contributed by atoms with Crippen molar-refractivity contribution in [3.05, 3.63) is 59.6 Å². The Kier molecular flexibility index (Phi) is 12.8. The lowest BCUT2D eigenvalue weighted by molar-refractivity contribution is -0.121. The van der Waals surface area contributed by atoms with E-state index < -0.39 is 0 Å². The maximum absolute atomic E-state index is 12.2. The summed E-state index contributed by atoms with van der Waals surface area (Å²) in [5.41, 5.74) is 14.3. The molecule has 168 valence electrons. The molecule has 0 aromatic carbocycles. The fraction of sp³-hybridized carbons (Fsp3) is 0.522. The molecule has 1 heterocycles. The van der Waals surface area contributed by atoms with Crippen LogP contribution in [-0.4, -0.2) is 23.5 Å². The number of carbonyl (C=O) groups is 1. The van der Waals surface area contributed by atoms with Crippen molar-refractivity contribution in [3.8, 4) is 0 Å². The van der Waals surface area contributed by atoms with Gasteiger partial charge in [0.2, 0.25) is 5.91 Å². The highest BCUT2D eigenvalue weighted by Gasteiger charge is 2.17. The van der Waals surface area contributed by atoms with Gasteiger partial charge in [-0.2, -0.15) is 11.8 Å². The molecule has 6 N–H and O–H groups in total. The molecule has 30 heavy (non-hydrogen) atoms. The number of carbonyl (C=O) groups excluding carboxylic acids is 1. The van der Waals surface area contributed by atoms with Crippen LogP contribution in [-0.2, 0) is 4.79 Å². The Balaban J connectivity index is 2.45. The van der Waals surface area contributed by atoms with E-state index in [1.54, 1.807) is 11.8 Å². The van der Waals surface area contributed by atoms with Crippen LogP contribution in [0.1, 0.15) is 59.3 Å². The first-order valence-corrected chi connectivity index (χ1v) is 11.7. The molecule has 0 spiro atoms. The number of hydrogen-bond donors (Lipinski definition) is 5. The van der Waals surface area contributed by atoms with Crippen molar-refractivity contribution in [2.45, 2.75) is 65.3 Å². The molecule has 0 unspecified atom stereocenters. The smallest absolute Gasteiger partial charge is 0.220 e. The average molecular weight is 434 g/mol. The minimum absolute atomic E-state index is 0.0406. The van der Waals surface area contributed by atoms with Crippen molar-refractivity contribution in [1.82, 2.24) is 21.6 Å². The molecule has 0 saturated carbocycles. The number of nitrogens with one attached hydrogen (secondary N) is 4. The quantitative estimate of drug-likeness (QED) is 0.193. The van der Waals surface area contributed by atoms with Crippen molar-refractivity contribution in [2.24, 2.45) is 5.84 Å². The summed E-state index contributed by atoms with van der Waals surface area (Å²) in [6.45, 7) is 14.3. The molecular weight excluding hydrogens is 394 g/mol. The molecule has 7 heteroatoms. The number of hydrazine groups is 2. The van der Waals surface area contributed by atoms with E-state index in [-0.39, 0.29) is 11.9 Å². The monoisotopic (exact) mass is 433 g/mol. The summed E-state index contributed by atoms with van der Waals surface area (Å²) < 4.78 is 0. The molecule has 0 saturated heterocycles. The van der Waals surface area contributed by atoms with Gasteiger partial charge in [-0.1, -0.05) is 42.5 Å². The third-order valence-electron chi connectivity index (χ3n) is 4.73. The largest absolute Gasteiger partial charge is 0.347 e. The molecule has 6 nitrogen and oxygen atoms in total. The van der Waals surface area contributed by atoms with E-state index in [0.717, 1.165) is 48.6 Å². The summed E-state index contributed by atoms with van der Waals surface area (Å²) in [5, 5.41) is 3.04. The van der Waals surface area contributed by atoms with Gasteiger partial charge >= 0.3 is 0 Å². The Morgan fingerprint density at radius 2 is 2.00 bits per heavy atom. The lowest BCUT2D eigenvalue weighted by atomic mass is 10.1. The summed E-state index contributed by atoms with van der Waals surface area (Å²) in [4.78, 5) is 12.2. The van der Waals surface area contributed by atoms with Crippen LogP contribution in [0.3, 0.4) is 0 Å². The standard InChI is InChI=1S/C23H39N5OS/c1-17(2)8-6-9-18(3)10-7-11-21-14-15-30-16-22(20(5)27-28-21)25-23(29)13-12-19(4)26-24/h8,10,14,22,26-28H,4-7,9,11-13,15-16,24H2,1-3H3,(H,25,29)/b18-10+,21-14-/t22-/m0/s1. The van der Waals surface area contributed by atoms with Gasteiger partial charge in [-0.25, -0.2) is 0 Å². The van der Waals surface area contributed by atoms with Crippen molar-refractivity contribution in [3.63, 3.8) is 0 Å². The Morgan fingerprint density at radius 1 is 1.23 bits per heavy atom. The van der Waals surface area contributed by atoms with Crippen LogP contribution >= 0.6 is 11.8 Å². The number of hydrogen-bond acceptors (Lipinski definition) is 6. The Bertz CT molecular complexity index is 677. The van der Waals surface area contributed by atoms with Gasteiger partial charge in [-0.05, 0) is 52.9 Å². The first kappa shape index (κ1) is 25.9. The summed E-state index contributed by atoms with van der Waals surface area (Å²) in [7, 11) is 0. The first-order chi connectivity index (χ1) is 14.3. The van der Waals surface area contributed by atoms with E-state index in [1.165, 1.54) is 11.1 Å². The summed E-state index contributed by atoms with van der Waals surface area (Å²) in [6, 6.07) is -0.140. The van der Waals surface area contributed by atoms with Gasteiger partial charge in [0.05, 0.1) is 6.04 Å². The van der Waals surface area contributed by atoms with Crippen LogP contribution in [0.4, 0.5) is 0 Å². The molecule has 0 radical (unpaired) electrons. The highest BCUT2D eigenvalue weighted by atomic mass is 32.2. The van der Waals surface area contributed by atoms with Crippen LogP contribution < -0.4 is 27.4 Å². The van der Waals surface area contributed by atoms with Gasteiger partial charge < -0.3 is 21.6 Å². The fourth-order valence-electron chi connectivity index (χ4n) is 2.81. The van der Waals surface area contributed by atoms with Crippen LogP contribution in [0.5, 0.6) is 0 Å². The van der Waals surface area contributed by atoms with E-state index in [2.05, 4.69) is 73.8 Å². The molecule has 0 aromatic rings. The normalized spacial score (nSPS) is 19.1. The van der Waals surface area contributed by atoms with Gasteiger partial charge in [0.1, 0.15) is 0 Å². The maximum atomic E-state index is 12.2. The minimum Gasteiger partial charge on any atom is -0.347 e. The second-order valence-corrected chi connectivity index (χ2v) is 8.89. The van der Waals surface area contributed by atoms with Crippen LogP contribution in [0.25, 0.3) is 0 Å². The Labute approximate surface area is 186 Å². The van der Waals surface area contributed by atoms with Gasteiger partial charge in [-0.15, -0.1) is 0 Å². The van der Waals surface area contributed by atoms with E-state index in [4.69, 9.17) is 5.84 Å². The fourth-order valence-corrected chi connectivity index (χ4v) is 3.78. The van der Waals surface area contributed by atoms with Crippen LogP contribution in [0.15, 0.2) is 59.6 Å². The first-order valence-electron chi connectivity index (χ1n) is 10.5. The van der Waals surface area contributed by atoms with Crippen molar-refractivity contribution in [2.75, 3.05) is 11.5 Å². The topological polar surface area (TPSA) is 91.2 Å². The molecule has 1 amide bonds. The zero-order valence-corrected chi connectivity index (χ0v) is 19.6. The Morgan fingerprint density at radius 3 is 2.70 bits per heavy atom. The van der Waals surface area contributed by atoms with Gasteiger partial charge in [0, 0.05) is 35.0 Å². The molecule has 0 aromatic heterocycles. The van der Waals surface area contributed by atoms with E-state index in [9.17, 15) is 4.79 Å². The lowest BCUT2D eigenvalue weighted by Gasteiger charge is -2.22. The molecule has 1 aliphatic heterocycles. The van der Waals surface area contributed by atoms with Gasteiger partial charge in [0.15, 0.2) is 0 Å². The van der Waals surface area contributed by atoms with Crippen molar-refractivity contribution >= 4 is 17.7 Å². The second-order valence-electron chi connectivity index (χ2n) is 7.82. The van der Waals surface area contributed by atoms with Crippen LogP contribution in [0, 0.1) is 0 Å².